The largest absolute Gasteiger partial charge is 0.422 e. The van der Waals surface area contributed by atoms with Gasteiger partial charge >= 0.3 is 11.7 Å². The maximum absolute atomic E-state index is 12.7. The number of benzene rings is 2. The number of halogens is 1. The summed E-state index contributed by atoms with van der Waals surface area (Å²) in [5, 5.41) is 2.83. The molecule has 0 aliphatic rings. The van der Waals surface area contributed by atoms with Crippen molar-refractivity contribution in [3.05, 3.63) is 68.5 Å². The Kier molecular flexibility index (Phi) is 5.74. The normalized spacial score (nSPS) is 10.7. The summed E-state index contributed by atoms with van der Waals surface area (Å²) in [5.41, 5.74) is 12.7. The lowest BCUT2D eigenvalue weighted by Crippen LogP contribution is -2.22. The standard InChI is InChI=1S/C20H18ClN3O5/c1-24-20(27)29-17-9-16-13(7-15(17)21)12(8-18(23)25)14(19(26)28-16)6-10-3-2-4-11(22)5-10/h2-5,7,9H,6,8,22H2,1H3,(H2,23,25)(H,24,27). The van der Waals surface area contributed by atoms with E-state index < -0.39 is 17.6 Å². The number of nitrogen functional groups attached to an aromatic ring is 1. The highest BCUT2D eigenvalue weighted by atomic mass is 35.5. The molecular formula is C20H18ClN3O5. The van der Waals surface area contributed by atoms with E-state index >= 15 is 0 Å². The van der Waals surface area contributed by atoms with Crippen molar-refractivity contribution in [2.75, 3.05) is 12.8 Å². The van der Waals surface area contributed by atoms with Gasteiger partial charge in [0.05, 0.1) is 11.4 Å². The van der Waals surface area contributed by atoms with Crippen molar-refractivity contribution >= 4 is 40.3 Å². The van der Waals surface area contributed by atoms with E-state index in [0.717, 1.165) is 5.56 Å². The molecule has 2 amide bonds. The van der Waals surface area contributed by atoms with Crippen molar-refractivity contribution in [2.45, 2.75) is 12.8 Å². The monoisotopic (exact) mass is 415 g/mol. The van der Waals surface area contributed by atoms with Crippen LogP contribution in [0.15, 0.2) is 45.6 Å². The van der Waals surface area contributed by atoms with E-state index in [9.17, 15) is 14.4 Å². The smallest absolute Gasteiger partial charge is 0.412 e. The van der Waals surface area contributed by atoms with Crippen molar-refractivity contribution in [3.8, 4) is 5.75 Å². The molecule has 3 rings (SSSR count). The first kappa shape index (κ1) is 20.2. The van der Waals surface area contributed by atoms with Gasteiger partial charge in [-0.1, -0.05) is 23.7 Å². The highest BCUT2D eigenvalue weighted by molar-refractivity contribution is 6.33. The summed E-state index contributed by atoms with van der Waals surface area (Å²) in [4.78, 5) is 35.9. The number of nitrogens with two attached hydrogens (primary N) is 2. The van der Waals surface area contributed by atoms with Crippen LogP contribution < -0.4 is 27.1 Å². The third-order valence-electron chi connectivity index (χ3n) is 4.26. The molecule has 0 aliphatic heterocycles. The molecule has 8 nitrogen and oxygen atoms in total. The van der Waals surface area contributed by atoms with Gasteiger partial charge in [0.15, 0.2) is 5.75 Å². The summed E-state index contributed by atoms with van der Waals surface area (Å²) >= 11 is 6.23. The zero-order valence-corrected chi connectivity index (χ0v) is 16.2. The number of hydrogen-bond acceptors (Lipinski definition) is 6. The molecule has 2 aromatic carbocycles. The maximum Gasteiger partial charge on any atom is 0.412 e. The molecule has 0 atom stereocenters. The fourth-order valence-electron chi connectivity index (χ4n) is 2.99. The van der Waals surface area contributed by atoms with Gasteiger partial charge in [-0.25, -0.2) is 9.59 Å². The number of anilines is 1. The van der Waals surface area contributed by atoms with Crippen LogP contribution in [-0.4, -0.2) is 19.0 Å². The van der Waals surface area contributed by atoms with E-state index in [1.807, 2.05) is 0 Å². The van der Waals surface area contributed by atoms with E-state index in [2.05, 4.69) is 5.32 Å². The number of fused-ring (bicyclic) bond motifs is 1. The van der Waals surface area contributed by atoms with Gasteiger partial charge in [-0.15, -0.1) is 0 Å². The fourth-order valence-corrected chi connectivity index (χ4v) is 3.20. The summed E-state index contributed by atoms with van der Waals surface area (Å²) in [6, 6.07) is 9.82. The molecule has 3 aromatic rings. The average Bonchev–Trinajstić information content (AvgIpc) is 2.65. The van der Waals surface area contributed by atoms with Gasteiger partial charge in [0.1, 0.15) is 5.58 Å². The number of ether oxygens (including phenoxy) is 1. The molecule has 1 aromatic heterocycles. The van der Waals surface area contributed by atoms with Crippen LogP contribution in [0, 0.1) is 0 Å². The Morgan fingerprint density at radius 3 is 2.62 bits per heavy atom. The second kappa shape index (κ2) is 8.24. The predicted molar refractivity (Wildman–Crippen MR) is 109 cm³/mol. The maximum atomic E-state index is 12.7. The lowest BCUT2D eigenvalue weighted by atomic mass is 9.96. The first-order valence-corrected chi connectivity index (χ1v) is 8.96. The highest BCUT2D eigenvalue weighted by Crippen LogP contribution is 2.33. The van der Waals surface area contributed by atoms with Crippen molar-refractivity contribution in [2.24, 2.45) is 5.73 Å². The lowest BCUT2D eigenvalue weighted by molar-refractivity contribution is -0.117. The average molecular weight is 416 g/mol. The van der Waals surface area contributed by atoms with Crippen molar-refractivity contribution in [1.82, 2.24) is 5.32 Å². The fraction of sp³-hybridized carbons (Fsp3) is 0.150. The van der Waals surface area contributed by atoms with E-state index in [1.54, 1.807) is 24.3 Å². The van der Waals surface area contributed by atoms with Crippen LogP contribution >= 0.6 is 11.6 Å². The second-order valence-electron chi connectivity index (χ2n) is 6.33. The Bertz CT molecular complexity index is 1170. The minimum Gasteiger partial charge on any atom is -0.422 e. The molecule has 9 heteroatoms. The van der Waals surface area contributed by atoms with Gasteiger partial charge in [-0.2, -0.15) is 0 Å². The molecule has 0 unspecified atom stereocenters. The molecule has 0 fully saturated rings. The summed E-state index contributed by atoms with van der Waals surface area (Å²) < 4.78 is 10.5. The summed E-state index contributed by atoms with van der Waals surface area (Å²) in [6.45, 7) is 0. The topological polar surface area (TPSA) is 138 Å². The Balaban J connectivity index is 2.19. The zero-order valence-electron chi connectivity index (χ0n) is 15.5. The van der Waals surface area contributed by atoms with Crippen LogP contribution in [0.4, 0.5) is 10.5 Å². The molecular weight excluding hydrogens is 398 g/mol. The third kappa shape index (κ3) is 4.49. The van der Waals surface area contributed by atoms with Gasteiger partial charge < -0.3 is 25.9 Å². The van der Waals surface area contributed by atoms with Crippen molar-refractivity contribution < 1.29 is 18.7 Å². The second-order valence-corrected chi connectivity index (χ2v) is 6.74. The van der Waals surface area contributed by atoms with Crippen molar-refractivity contribution in [3.63, 3.8) is 0 Å². The predicted octanol–water partition coefficient (Wildman–Crippen LogP) is 2.37. The number of amides is 2. The van der Waals surface area contributed by atoms with Gasteiger partial charge in [-0.3, -0.25) is 4.79 Å². The van der Waals surface area contributed by atoms with Gasteiger partial charge in [-0.05, 0) is 29.3 Å². The highest BCUT2D eigenvalue weighted by Gasteiger charge is 2.19. The molecule has 0 saturated carbocycles. The van der Waals surface area contributed by atoms with Crippen LogP contribution in [-0.2, 0) is 17.6 Å². The number of hydrogen-bond donors (Lipinski definition) is 3. The van der Waals surface area contributed by atoms with Crippen LogP contribution in [0.1, 0.15) is 16.7 Å². The van der Waals surface area contributed by atoms with E-state index in [0.29, 0.717) is 16.6 Å². The lowest BCUT2D eigenvalue weighted by Gasteiger charge is -2.13. The quantitative estimate of drug-likeness (QED) is 0.432. The Hall–Kier alpha value is -3.52. The summed E-state index contributed by atoms with van der Waals surface area (Å²) in [5.74, 6) is -0.609. The Morgan fingerprint density at radius 1 is 1.21 bits per heavy atom. The van der Waals surface area contributed by atoms with Crippen LogP contribution in [0.5, 0.6) is 5.75 Å². The van der Waals surface area contributed by atoms with Gasteiger partial charge in [0, 0.05) is 36.2 Å². The first-order chi connectivity index (χ1) is 13.8. The molecule has 0 radical (unpaired) electrons. The van der Waals surface area contributed by atoms with E-state index in [4.69, 9.17) is 32.2 Å². The summed E-state index contributed by atoms with van der Waals surface area (Å²) in [6.07, 6.45) is -0.726. The Morgan fingerprint density at radius 2 is 1.97 bits per heavy atom. The molecule has 0 bridgehead atoms. The number of primary amides is 1. The van der Waals surface area contributed by atoms with Gasteiger partial charge in [0.2, 0.25) is 5.91 Å². The number of carbonyl (C=O) groups excluding carboxylic acids is 2. The van der Waals surface area contributed by atoms with Crippen LogP contribution in [0.3, 0.4) is 0 Å². The third-order valence-corrected chi connectivity index (χ3v) is 4.56. The SMILES string of the molecule is CNC(=O)Oc1cc2oc(=O)c(Cc3cccc(N)c3)c(CC(N)=O)c2cc1Cl. The van der Waals surface area contributed by atoms with Crippen LogP contribution in [0.25, 0.3) is 11.0 Å². The van der Waals surface area contributed by atoms with Gasteiger partial charge in [0.25, 0.3) is 0 Å². The van der Waals surface area contributed by atoms with E-state index in [-0.39, 0.29) is 34.8 Å². The molecule has 150 valence electrons. The molecule has 0 saturated heterocycles. The van der Waals surface area contributed by atoms with Crippen LogP contribution in [0.2, 0.25) is 5.02 Å². The Labute approximate surface area is 170 Å². The van der Waals surface area contributed by atoms with Crippen molar-refractivity contribution in [1.29, 1.82) is 0 Å². The minimum atomic E-state index is -0.732. The molecule has 29 heavy (non-hydrogen) atoms. The minimum absolute atomic E-state index is 0.00951. The molecule has 1 heterocycles. The van der Waals surface area contributed by atoms with E-state index in [1.165, 1.54) is 19.2 Å². The summed E-state index contributed by atoms with van der Waals surface area (Å²) in [7, 11) is 1.39. The number of carbonyl (C=O) groups is 2. The number of nitrogens with one attached hydrogen (secondary N) is 1. The molecule has 5 N–H and O–H groups in total. The molecule has 0 spiro atoms. The molecule has 0 aliphatic carbocycles. The number of rotatable bonds is 5. The zero-order chi connectivity index (χ0) is 21.1. The first-order valence-electron chi connectivity index (χ1n) is 8.59.